The van der Waals surface area contributed by atoms with Gasteiger partial charge in [-0.3, -0.25) is 9.89 Å². The number of aromatic amines is 1. The molecule has 9 heteroatoms. The van der Waals surface area contributed by atoms with Gasteiger partial charge in [0, 0.05) is 18.2 Å². The lowest BCUT2D eigenvalue weighted by Gasteiger charge is -2.12. The molecule has 164 valence electrons. The van der Waals surface area contributed by atoms with Crippen LogP contribution in [0.25, 0.3) is 28.2 Å². The highest BCUT2D eigenvalue weighted by Gasteiger charge is 2.20. The van der Waals surface area contributed by atoms with Crippen LogP contribution in [0.5, 0.6) is 0 Å². The van der Waals surface area contributed by atoms with Crippen molar-refractivity contribution in [3.8, 4) is 28.2 Å². The van der Waals surface area contributed by atoms with Gasteiger partial charge in [-0.15, -0.1) is 0 Å². The number of halogens is 1. The number of H-pyrrole nitrogens is 1. The Kier molecular flexibility index (Phi) is 6.11. The van der Waals surface area contributed by atoms with E-state index in [1.807, 2.05) is 25.1 Å². The normalized spacial score (nSPS) is 12.0. The summed E-state index contributed by atoms with van der Waals surface area (Å²) in [5.41, 5.74) is 3.46. The molecular weight excluding hydrogens is 413 g/mol. The van der Waals surface area contributed by atoms with Gasteiger partial charge in [0.05, 0.1) is 35.3 Å². The maximum absolute atomic E-state index is 13.5. The lowest BCUT2D eigenvalue weighted by atomic mass is 10.0. The Morgan fingerprint density at radius 2 is 1.88 bits per heavy atom. The number of anilines is 1. The predicted molar refractivity (Wildman–Crippen MR) is 119 cm³/mol. The van der Waals surface area contributed by atoms with E-state index < -0.39 is 12.7 Å². The molecule has 0 unspecified atom stereocenters. The second-order valence-corrected chi connectivity index (χ2v) is 7.30. The fraction of sp³-hybridized carbons (Fsp3) is 0.174. The van der Waals surface area contributed by atoms with Crippen molar-refractivity contribution >= 4 is 5.82 Å². The maximum Gasteiger partial charge on any atom is 0.271 e. The second-order valence-electron chi connectivity index (χ2n) is 7.30. The summed E-state index contributed by atoms with van der Waals surface area (Å²) in [6.45, 7) is 1.53. The van der Waals surface area contributed by atoms with Crippen LogP contribution in [0, 0.1) is 12.7 Å². The fourth-order valence-corrected chi connectivity index (χ4v) is 3.34. The lowest BCUT2D eigenvalue weighted by molar-refractivity contribution is 0.105. The minimum Gasteiger partial charge on any atom is -0.394 e. The number of aliphatic hydroxyl groups is 2. The number of rotatable bonds is 7. The average Bonchev–Trinajstić information content (AvgIpc) is 3.23. The third-order valence-electron chi connectivity index (χ3n) is 5.02. The van der Waals surface area contributed by atoms with E-state index in [1.165, 1.54) is 22.9 Å². The fourth-order valence-electron chi connectivity index (χ4n) is 3.34. The molecule has 8 nitrogen and oxygen atoms in total. The molecule has 4 N–H and O–H groups in total. The summed E-state index contributed by atoms with van der Waals surface area (Å²) in [7, 11) is 0. The first-order valence-corrected chi connectivity index (χ1v) is 10.0. The van der Waals surface area contributed by atoms with Crippen molar-refractivity contribution in [3.63, 3.8) is 0 Å². The molecule has 0 radical (unpaired) electrons. The third kappa shape index (κ3) is 4.29. The van der Waals surface area contributed by atoms with Crippen LogP contribution in [0.4, 0.5) is 10.2 Å². The average molecular weight is 435 g/mol. The van der Waals surface area contributed by atoms with Crippen molar-refractivity contribution in [2.45, 2.75) is 13.0 Å². The summed E-state index contributed by atoms with van der Waals surface area (Å²) in [6.07, 6.45) is -0.984. The van der Waals surface area contributed by atoms with Crippen molar-refractivity contribution in [1.82, 2.24) is 20.0 Å². The van der Waals surface area contributed by atoms with E-state index in [0.717, 1.165) is 5.56 Å². The van der Waals surface area contributed by atoms with E-state index in [9.17, 15) is 14.3 Å². The first-order valence-electron chi connectivity index (χ1n) is 10.0. The molecule has 0 aliphatic rings. The number of nitrogens with one attached hydrogen (secondary N) is 2. The van der Waals surface area contributed by atoms with Gasteiger partial charge >= 0.3 is 0 Å². The quantitative estimate of drug-likeness (QED) is 0.355. The zero-order valence-electron chi connectivity index (χ0n) is 17.3. The van der Waals surface area contributed by atoms with Crippen LogP contribution in [-0.2, 0) is 0 Å². The van der Waals surface area contributed by atoms with Crippen molar-refractivity contribution in [3.05, 3.63) is 82.4 Å². The highest BCUT2D eigenvalue weighted by atomic mass is 19.1. The molecule has 0 spiro atoms. The standard InChI is InChI=1S/C23H22FN5O3/c1-14-4-2-3-5-19(14)29-20(32)11-10-18(28-29)21-22(15-6-8-16(24)9-7-15)26-27-23(21)25-12-17(31)13-30/h2-11,17,30-31H,12-13H2,1H3,(H2,25,26,27)/t17-/m0/s1. The molecule has 0 bridgehead atoms. The van der Waals surface area contributed by atoms with E-state index in [-0.39, 0.29) is 17.9 Å². The highest BCUT2D eigenvalue weighted by Crippen LogP contribution is 2.35. The van der Waals surface area contributed by atoms with Gasteiger partial charge in [0.2, 0.25) is 0 Å². The first-order chi connectivity index (χ1) is 15.5. The van der Waals surface area contributed by atoms with Gasteiger partial charge in [0.25, 0.3) is 5.56 Å². The molecule has 2 aromatic heterocycles. The van der Waals surface area contributed by atoms with Crippen molar-refractivity contribution in [2.24, 2.45) is 0 Å². The summed E-state index contributed by atoms with van der Waals surface area (Å²) >= 11 is 0. The lowest BCUT2D eigenvalue weighted by Crippen LogP contribution is -2.23. The number of hydrogen-bond acceptors (Lipinski definition) is 6. The van der Waals surface area contributed by atoms with E-state index in [4.69, 9.17) is 5.11 Å². The van der Waals surface area contributed by atoms with Crippen LogP contribution >= 0.6 is 0 Å². The monoisotopic (exact) mass is 435 g/mol. The number of nitrogens with zero attached hydrogens (tertiary/aromatic N) is 3. The van der Waals surface area contributed by atoms with Gasteiger partial charge in [-0.25, -0.2) is 4.39 Å². The largest absolute Gasteiger partial charge is 0.394 e. The molecule has 0 saturated carbocycles. The molecule has 0 saturated heterocycles. The summed E-state index contributed by atoms with van der Waals surface area (Å²) in [5.74, 6) is 0.00441. The van der Waals surface area contributed by atoms with Crippen LogP contribution < -0.4 is 10.9 Å². The van der Waals surface area contributed by atoms with Crippen LogP contribution in [0.1, 0.15) is 5.56 Å². The van der Waals surface area contributed by atoms with E-state index in [1.54, 1.807) is 24.3 Å². The number of para-hydroxylation sites is 1. The molecule has 0 aliphatic heterocycles. The topological polar surface area (TPSA) is 116 Å². The number of aryl methyl sites for hydroxylation is 1. The smallest absolute Gasteiger partial charge is 0.271 e. The Labute approximate surface area is 183 Å². The molecule has 0 aliphatic carbocycles. The van der Waals surface area contributed by atoms with Crippen LogP contribution in [0.15, 0.2) is 65.5 Å². The molecule has 32 heavy (non-hydrogen) atoms. The zero-order chi connectivity index (χ0) is 22.7. The zero-order valence-corrected chi connectivity index (χ0v) is 17.3. The Balaban J connectivity index is 1.86. The van der Waals surface area contributed by atoms with Crippen LogP contribution in [0.3, 0.4) is 0 Å². The van der Waals surface area contributed by atoms with Gasteiger partial charge in [0.1, 0.15) is 5.82 Å². The molecule has 2 aromatic carbocycles. The highest BCUT2D eigenvalue weighted by molar-refractivity contribution is 5.87. The number of hydrogen-bond donors (Lipinski definition) is 4. The molecular formula is C23H22FN5O3. The van der Waals surface area contributed by atoms with Gasteiger partial charge in [-0.05, 0) is 48.9 Å². The summed E-state index contributed by atoms with van der Waals surface area (Å²) in [4.78, 5) is 12.6. The van der Waals surface area contributed by atoms with Gasteiger partial charge in [-0.2, -0.15) is 14.9 Å². The Morgan fingerprint density at radius 1 is 1.12 bits per heavy atom. The van der Waals surface area contributed by atoms with Gasteiger partial charge < -0.3 is 15.5 Å². The van der Waals surface area contributed by atoms with Crippen molar-refractivity contribution in [1.29, 1.82) is 0 Å². The number of aromatic nitrogens is 4. The maximum atomic E-state index is 13.5. The molecule has 4 aromatic rings. The van der Waals surface area contributed by atoms with E-state index in [2.05, 4.69) is 20.6 Å². The van der Waals surface area contributed by atoms with Crippen molar-refractivity contribution < 1.29 is 14.6 Å². The molecule has 0 amide bonds. The van der Waals surface area contributed by atoms with E-state index >= 15 is 0 Å². The van der Waals surface area contributed by atoms with Crippen molar-refractivity contribution in [2.75, 3.05) is 18.5 Å². The minimum absolute atomic E-state index is 0.0502. The summed E-state index contributed by atoms with van der Waals surface area (Å²) in [6, 6.07) is 16.3. The molecule has 2 heterocycles. The number of benzene rings is 2. The molecule has 1 atom stereocenters. The second kappa shape index (κ2) is 9.13. The molecule has 4 rings (SSSR count). The first kappa shape index (κ1) is 21.4. The van der Waals surface area contributed by atoms with Crippen LogP contribution in [-0.4, -0.2) is 49.4 Å². The van der Waals surface area contributed by atoms with Crippen LogP contribution in [0.2, 0.25) is 0 Å². The van der Waals surface area contributed by atoms with Gasteiger partial charge in [-0.1, -0.05) is 18.2 Å². The SMILES string of the molecule is Cc1ccccc1-n1nc(-c2c(NC[C@H](O)CO)n[nH]c2-c2ccc(F)cc2)ccc1=O. The Morgan fingerprint density at radius 3 is 2.59 bits per heavy atom. The third-order valence-corrected chi connectivity index (χ3v) is 5.02. The number of aliphatic hydroxyl groups excluding tert-OH is 2. The Hall–Kier alpha value is -3.82. The Bertz CT molecular complexity index is 1280. The summed E-state index contributed by atoms with van der Waals surface area (Å²) < 4.78 is 14.8. The molecule has 0 fully saturated rings. The van der Waals surface area contributed by atoms with E-state index in [0.29, 0.717) is 34.0 Å². The predicted octanol–water partition coefficient (Wildman–Crippen LogP) is 2.50. The van der Waals surface area contributed by atoms with Gasteiger partial charge in [0.15, 0.2) is 5.82 Å². The summed E-state index contributed by atoms with van der Waals surface area (Å²) in [5, 5.41) is 33.7. The minimum atomic E-state index is -0.984.